The Morgan fingerprint density at radius 1 is 1.47 bits per heavy atom. The van der Waals surface area contributed by atoms with Crippen LogP contribution in [0.4, 0.5) is 4.79 Å². The van der Waals surface area contributed by atoms with Gasteiger partial charge in [0.15, 0.2) is 0 Å². The van der Waals surface area contributed by atoms with Gasteiger partial charge >= 0.3 is 6.09 Å². The first kappa shape index (κ1) is 12.6. The summed E-state index contributed by atoms with van der Waals surface area (Å²) in [6.45, 7) is 6.33. The average molecular weight is 256 g/mol. The van der Waals surface area contributed by atoms with Gasteiger partial charge in [-0.3, -0.25) is 4.90 Å². The molecule has 4 nitrogen and oxygen atoms in total. The van der Waals surface area contributed by atoms with E-state index in [2.05, 4.69) is 0 Å². The van der Waals surface area contributed by atoms with Gasteiger partial charge in [0, 0.05) is 6.54 Å². The number of hydrogen-bond acceptors (Lipinski definition) is 3. The largest absolute Gasteiger partial charge is 0.444 e. The van der Waals surface area contributed by atoms with Crippen LogP contribution < -0.4 is 5.73 Å². The molecule has 1 saturated heterocycles. The second-order valence-electron chi connectivity index (χ2n) is 6.23. The molecule has 2 fully saturated rings. The van der Waals surface area contributed by atoms with E-state index in [0.717, 1.165) is 13.0 Å². The quantitative estimate of drug-likeness (QED) is 0.730. The predicted octanol–water partition coefficient (Wildman–Crippen LogP) is 2.06. The van der Waals surface area contributed by atoms with Crippen molar-refractivity contribution in [1.82, 2.24) is 4.90 Å². The van der Waals surface area contributed by atoms with E-state index in [9.17, 15) is 4.79 Å². The van der Waals surface area contributed by atoms with E-state index in [1.165, 1.54) is 12.8 Å². The van der Waals surface area contributed by atoms with Crippen LogP contribution in [-0.4, -0.2) is 34.2 Å². The van der Waals surface area contributed by atoms with Crippen molar-refractivity contribution in [3.8, 4) is 0 Å². The molecule has 96 valence electrons. The summed E-state index contributed by atoms with van der Waals surface area (Å²) in [5.74, 6) is 0. The third-order valence-corrected chi connectivity index (χ3v) is 3.69. The summed E-state index contributed by atoms with van der Waals surface area (Å²) in [4.78, 5) is 14.2. The molecule has 0 aromatic heterocycles. The first-order chi connectivity index (χ1) is 7.72. The van der Waals surface area contributed by atoms with Gasteiger partial charge in [-0.25, -0.2) is 4.79 Å². The molecule has 2 aliphatic rings. The van der Waals surface area contributed by atoms with E-state index in [1.807, 2.05) is 20.8 Å². The molecule has 0 unspecified atom stereocenters. The third kappa shape index (κ3) is 2.70. The summed E-state index contributed by atoms with van der Waals surface area (Å²) in [5, 5.41) is 0. The molecule has 1 saturated carbocycles. The lowest BCUT2D eigenvalue weighted by Gasteiger charge is -2.28. The number of rotatable bonds is 1. The molecular weight excluding hydrogens is 236 g/mol. The summed E-state index contributed by atoms with van der Waals surface area (Å²) < 4.78 is 5.39. The molecule has 0 radical (unpaired) electrons. The number of nitrogens with two attached hydrogens (primary N) is 1. The van der Waals surface area contributed by atoms with Crippen LogP contribution in [0, 0.1) is 5.41 Å². The fourth-order valence-electron chi connectivity index (χ4n) is 2.36. The average Bonchev–Trinajstić information content (AvgIpc) is 2.73. The molecule has 1 amide bonds. The van der Waals surface area contributed by atoms with Crippen LogP contribution in [0.25, 0.3) is 0 Å². The number of carbonyl (C=O) groups is 1. The molecule has 0 aromatic rings. The fraction of sp³-hybridized carbons (Fsp3) is 0.833. The number of likely N-dealkylation sites (tertiary alicyclic amines) is 1. The van der Waals surface area contributed by atoms with E-state index in [-0.39, 0.29) is 17.6 Å². The van der Waals surface area contributed by atoms with Gasteiger partial charge in [0.2, 0.25) is 0 Å². The Balaban J connectivity index is 2.08. The summed E-state index contributed by atoms with van der Waals surface area (Å²) in [6.07, 6.45) is 2.96. The highest BCUT2D eigenvalue weighted by atomic mass is 32.1. The Labute approximate surface area is 107 Å². The zero-order valence-electron chi connectivity index (χ0n) is 10.7. The molecule has 5 heteroatoms. The van der Waals surface area contributed by atoms with Crippen molar-refractivity contribution in [1.29, 1.82) is 0 Å². The summed E-state index contributed by atoms with van der Waals surface area (Å²) in [7, 11) is 0. The number of ether oxygens (including phenoxy) is 1. The second-order valence-corrected chi connectivity index (χ2v) is 6.70. The molecule has 0 bridgehead atoms. The van der Waals surface area contributed by atoms with Crippen molar-refractivity contribution >= 4 is 23.3 Å². The number of amides is 1. The van der Waals surface area contributed by atoms with E-state index >= 15 is 0 Å². The Morgan fingerprint density at radius 3 is 2.47 bits per heavy atom. The lowest BCUT2D eigenvalue weighted by molar-refractivity contribution is 0.0258. The molecule has 1 atom stereocenters. The highest BCUT2D eigenvalue weighted by Gasteiger charge is 2.54. The normalized spacial score (nSPS) is 26.1. The van der Waals surface area contributed by atoms with Gasteiger partial charge in [0.25, 0.3) is 0 Å². The predicted molar refractivity (Wildman–Crippen MR) is 69.8 cm³/mol. The smallest absolute Gasteiger partial charge is 0.410 e. The van der Waals surface area contributed by atoms with Crippen molar-refractivity contribution in [3.63, 3.8) is 0 Å². The summed E-state index contributed by atoms with van der Waals surface area (Å²) in [6, 6.07) is -0.123. The van der Waals surface area contributed by atoms with Gasteiger partial charge in [-0.05, 0) is 45.4 Å². The second kappa shape index (κ2) is 3.83. The number of hydrogen-bond donors (Lipinski definition) is 1. The molecule has 2 rings (SSSR count). The lowest BCUT2D eigenvalue weighted by Crippen LogP contribution is -2.45. The van der Waals surface area contributed by atoms with Crippen LogP contribution >= 0.6 is 12.2 Å². The zero-order chi connectivity index (χ0) is 12.8. The van der Waals surface area contributed by atoms with Gasteiger partial charge < -0.3 is 10.5 Å². The number of thiocarbonyl (C=S) groups is 1. The molecular formula is C12H20N2O2S. The standard InChI is InChI=1S/C12H20N2O2S/c1-11(2,3)16-10(15)14-7-12(4-5-12)6-8(14)9(13)17/h8H,4-7H2,1-3H3,(H2,13,17)/t8-/m0/s1. The zero-order valence-corrected chi connectivity index (χ0v) is 11.5. The van der Waals surface area contributed by atoms with Gasteiger partial charge in [-0.2, -0.15) is 0 Å². The van der Waals surface area contributed by atoms with Crippen LogP contribution in [0.5, 0.6) is 0 Å². The molecule has 1 spiro atoms. The first-order valence-corrected chi connectivity index (χ1v) is 6.42. The van der Waals surface area contributed by atoms with Gasteiger partial charge in [-0.1, -0.05) is 12.2 Å². The van der Waals surface area contributed by atoms with Crippen LogP contribution in [0.15, 0.2) is 0 Å². The van der Waals surface area contributed by atoms with Gasteiger partial charge in [0.1, 0.15) is 5.60 Å². The van der Waals surface area contributed by atoms with Crippen molar-refractivity contribution in [3.05, 3.63) is 0 Å². The molecule has 1 aliphatic carbocycles. The monoisotopic (exact) mass is 256 g/mol. The Bertz CT molecular complexity index is 358. The lowest BCUT2D eigenvalue weighted by atomic mass is 10.0. The maximum atomic E-state index is 12.1. The molecule has 2 N–H and O–H groups in total. The number of nitrogens with zero attached hydrogens (tertiary/aromatic N) is 1. The topological polar surface area (TPSA) is 55.6 Å². The minimum Gasteiger partial charge on any atom is -0.444 e. The Kier molecular flexibility index (Phi) is 2.84. The molecule has 1 heterocycles. The van der Waals surface area contributed by atoms with Crippen LogP contribution in [0.1, 0.15) is 40.0 Å². The summed E-state index contributed by atoms with van der Waals surface area (Å²) >= 11 is 5.05. The van der Waals surface area contributed by atoms with Crippen LogP contribution in [0.3, 0.4) is 0 Å². The van der Waals surface area contributed by atoms with Crippen molar-refractivity contribution in [2.75, 3.05) is 6.54 Å². The fourth-order valence-corrected chi connectivity index (χ4v) is 2.57. The van der Waals surface area contributed by atoms with Gasteiger partial charge in [-0.15, -0.1) is 0 Å². The van der Waals surface area contributed by atoms with Crippen molar-refractivity contribution < 1.29 is 9.53 Å². The molecule has 0 aromatic carbocycles. The maximum Gasteiger partial charge on any atom is 0.410 e. The van der Waals surface area contributed by atoms with Crippen LogP contribution in [0.2, 0.25) is 0 Å². The maximum absolute atomic E-state index is 12.1. The van der Waals surface area contributed by atoms with E-state index < -0.39 is 5.60 Å². The molecule has 17 heavy (non-hydrogen) atoms. The Hall–Kier alpha value is -0.840. The van der Waals surface area contributed by atoms with Gasteiger partial charge in [0.05, 0.1) is 11.0 Å². The summed E-state index contributed by atoms with van der Waals surface area (Å²) in [5.41, 5.74) is 5.53. The minimum absolute atomic E-state index is 0.123. The van der Waals surface area contributed by atoms with Crippen molar-refractivity contribution in [2.24, 2.45) is 11.1 Å². The number of carbonyl (C=O) groups excluding carboxylic acids is 1. The first-order valence-electron chi connectivity index (χ1n) is 6.01. The highest BCUT2D eigenvalue weighted by molar-refractivity contribution is 7.80. The van der Waals surface area contributed by atoms with Crippen molar-refractivity contribution in [2.45, 2.75) is 51.7 Å². The van der Waals surface area contributed by atoms with E-state index in [4.69, 9.17) is 22.7 Å². The Morgan fingerprint density at radius 2 is 2.06 bits per heavy atom. The molecule has 1 aliphatic heterocycles. The minimum atomic E-state index is -0.475. The van der Waals surface area contributed by atoms with E-state index in [1.54, 1.807) is 4.90 Å². The SMILES string of the molecule is CC(C)(C)OC(=O)N1CC2(CC2)C[C@H]1C(N)=S. The third-order valence-electron chi connectivity index (χ3n) is 3.42. The van der Waals surface area contributed by atoms with Crippen LogP contribution in [-0.2, 0) is 4.74 Å². The van der Waals surface area contributed by atoms with E-state index in [0.29, 0.717) is 4.99 Å². The highest BCUT2D eigenvalue weighted by Crippen LogP contribution is 2.54.